The molecule has 1 unspecified atom stereocenters. The number of carbonyl (C=O) groups excluding carboxylic acids is 2. The van der Waals surface area contributed by atoms with Crippen molar-refractivity contribution >= 4 is 57.4 Å². The van der Waals surface area contributed by atoms with Crippen LogP contribution in [-0.2, 0) is 35.1 Å². The number of benzene rings is 4. The Labute approximate surface area is 371 Å². The molecule has 3 atom stereocenters. The molecule has 0 amide bonds. The lowest BCUT2D eigenvalue weighted by Gasteiger charge is -2.44. The molecule has 13 nitrogen and oxygen atoms in total. The number of aromatic nitrogens is 1. The largest absolute Gasteiger partial charge is 0.469 e. The van der Waals surface area contributed by atoms with Crippen LogP contribution in [0.15, 0.2) is 114 Å². The van der Waals surface area contributed by atoms with Gasteiger partial charge in [-0.2, -0.15) is 4.31 Å². The van der Waals surface area contributed by atoms with Crippen molar-refractivity contribution in [1.82, 2.24) is 8.87 Å². The molecule has 1 aliphatic rings. The van der Waals surface area contributed by atoms with Crippen LogP contribution >= 0.6 is 0 Å². The smallest absolute Gasteiger partial charge is 0.419 e. The molecular weight excluding hydrogens is 839 g/mol. The first kappa shape index (κ1) is 47.3. The normalized spacial score (nSPS) is 19.4. The maximum Gasteiger partial charge on any atom is 0.419 e. The van der Waals surface area contributed by atoms with E-state index in [1.807, 2.05) is 48.5 Å². The van der Waals surface area contributed by atoms with E-state index in [0.717, 1.165) is 22.5 Å². The van der Waals surface area contributed by atoms with Crippen molar-refractivity contribution in [2.75, 3.05) is 26.8 Å². The monoisotopic (exact) mass is 897 g/mol. The minimum Gasteiger partial charge on any atom is -0.469 e. The summed E-state index contributed by atoms with van der Waals surface area (Å²) in [5.41, 5.74) is -1.51. The minimum absolute atomic E-state index is 0.00345. The molecule has 0 bridgehead atoms. The number of aliphatic hydroxyl groups is 1. The molecule has 0 saturated carbocycles. The van der Waals surface area contributed by atoms with E-state index in [-0.39, 0.29) is 56.0 Å². The van der Waals surface area contributed by atoms with Gasteiger partial charge in [0.15, 0.2) is 0 Å². The van der Waals surface area contributed by atoms with Crippen molar-refractivity contribution in [3.05, 3.63) is 131 Å². The highest BCUT2D eigenvalue weighted by Gasteiger charge is 2.51. The van der Waals surface area contributed by atoms with Gasteiger partial charge in [-0.05, 0) is 91.5 Å². The highest BCUT2D eigenvalue weighted by molar-refractivity contribution is 7.89. The van der Waals surface area contributed by atoms with Crippen LogP contribution in [0.2, 0.25) is 5.04 Å². The van der Waals surface area contributed by atoms with Gasteiger partial charge in [-0.15, -0.1) is 0 Å². The van der Waals surface area contributed by atoms with Crippen LogP contribution in [0.4, 0.5) is 10.5 Å². The topological polar surface area (TPSA) is 168 Å². The molecular formula is C48H59N3O10SSi. The Morgan fingerprint density at radius 2 is 1.46 bits per heavy atom. The number of non-ortho nitro benzene ring substituents is 1. The van der Waals surface area contributed by atoms with Gasteiger partial charge in [0.2, 0.25) is 10.0 Å². The number of carbonyl (C=O) groups is 2. The zero-order valence-electron chi connectivity index (χ0n) is 37.4. The number of para-hydroxylation sites is 1. The van der Waals surface area contributed by atoms with Crippen LogP contribution < -0.4 is 10.4 Å². The first-order valence-electron chi connectivity index (χ1n) is 21.3. The molecule has 5 aromatic rings. The number of nitro groups is 1. The lowest BCUT2D eigenvalue weighted by atomic mass is 9.82. The van der Waals surface area contributed by atoms with E-state index in [2.05, 4.69) is 45.0 Å². The molecule has 1 aromatic heterocycles. The molecule has 4 aromatic carbocycles. The van der Waals surface area contributed by atoms with Gasteiger partial charge < -0.3 is 19.0 Å². The van der Waals surface area contributed by atoms with E-state index in [1.54, 1.807) is 39.8 Å². The number of nitrogens with zero attached hydrogens (tertiary/aromatic N) is 3. The third-order valence-electron chi connectivity index (χ3n) is 12.0. The Morgan fingerprint density at radius 3 is 1.98 bits per heavy atom. The average molecular weight is 898 g/mol. The van der Waals surface area contributed by atoms with Gasteiger partial charge in [-0.25, -0.2) is 17.8 Å². The number of hydrogen-bond acceptors (Lipinski definition) is 10. The number of nitro benzene ring substituents is 1. The minimum atomic E-state index is -4.40. The van der Waals surface area contributed by atoms with Gasteiger partial charge in [-0.1, -0.05) is 107 Å². The Kier molecular flexibility index (Phi) is 13.9. The second-order valence-corrected chi connectivity index (χ2v) is 24.7. The summed E-state index contributed by atoms with van der Waals surface area (Å²) in [5, 5.41) is 26.5. The molecule has 0 saturated heterocycles. The second kappa shape index (κ2) is 18.5. The van der Waals surface area contributed by atoms with Crippen LogP contribution in [0.5, 0.6) is 0 Å². The van der Waals surface area contributed by atoms with Crippen LogP contribution in [-0.4, -0.2) is 85.7 Å². The highest BCUT2D eigenvalue weighted by atomic mass is 32.2. The summed E-state index contributed by atoms with van der Waals surface area (Å²) in [7, 11) is -6.30. The number of β-amino-alcohol motifs (C(OH)–C–C–N with tert-alkyl or cyclic N) is 1. The zero-order chi connectivity index (χ0) is 46.0. The lowest BCUT2D eigenvalue weighted by molar-refractivity contribution is -0.384. The summed E-state index contributed by atoms with van der Waals surface area (Å²) < 4.78 is 51.1. The number of methoxy groups -OCH3 is 1. The summed E-state index contributed by atoms with van der Waals surface area (Å²) in [6.07, 6.45) is -0.492. The quantitative estimate of drug-likeness (QED) is 0.0629. The number of sulfonamides is 1. The second-order valence-electron chi connectivity index (χ2n) is 18.5. The molecule has 0 aliphatic carbocycles. The predicted molar refractivity (Wildman–Crippen MR) is 245 cm³/mol. The van der Waals surface area contributed by atoms with Gasteiger partial charge in [0, 0.05) is 42.9 Å². The Hall–Kier alpha value is -5.19. The van der Waals surface area contributed by atoms with Crippen LogP contribution in [0.25, 0.3) is 10.9 Å². The van der Waals surface area contributed by atoms with Crippen molar-refractivity contribution in [2.45, 2.75) is 101 Å². The Balaban J connectivity index is 1.59. The van der Waals surface area contributed by atoms with Crippen LogP contribution in [0.1, 0.15) is 84.9 Å². The number of esters is 1. The van der Waals surface area contributed by atoms with E-state index in [0.29, 0.717) is 22.2 Å². The number of fused-ring (bicyclic) bond motifs is 3. The Morgan fingerprint density at radius 1 is 0.889 bits per heavy atom. The highest BCUT2D eigenvalue weighted by Crippen LogP contribution is 2.42. The molecule has 1 N–H and O–H groups in total. The number of hydrogen-bond donors (Lipinski definition) is 1. The summed E-state index contributed by atoms with van der Waals surface area (Å²) in [6, 6.07) is 32.0. The van der Waals surface area contributed by atoms with Crippen molar-refractivity contribution in [1.29, 1.82) is 0 Å². The number of ether oxygens (including phenoxy) is 2. The fourth-order valence-electron chi connectivity index (χ4n) is 9.07. The summed E-state index contributed by atoms with van der Waals surface area (Å²) >= 11 is 0. The van der Waals surface area contributed by atoms with E-state index in [1.165, 1.54) is 28.1 Å². The molecule has 1 aliphatic heterocycles. The first-order chi connectivity index (χ1) is 29.7. The molecule has 0 spiro atoms. The van der Waals surface area contributed by atoms with Gasteiger partial charge in [0.05, 0.1) is 34.0 Å². The lowest BCUT2D eigenvalue weighted by Crippen LogP contribution is -2.67. The molecule has 0 fully saturated rings. The first-order valence-corrected chi connectivity index (χ1v) is 24.7. The van der Waals surface area contributed by atoms with Crippen molar-refractivity contribution in [2.24, 2.45) is 5.92 Å². The Bertz CT molecular complexity index is 2500. The number of rotatable bonds is 10. The SMILES string of the molecule is CC[C@]1(O)C[C@H](CO[Si](c2ccccc2)(c2ccccc2)C(C)(C)C)CC(C(=O)OC)c2c(c3ccccc3n2C(=O)OC(C)(C)C)CCN(S(=O)(=O)c2ccc([N+](=O)[O-])cc2)C1. The van der Waals surface area contributed by atoms with Gasteiger partial charge in [0.1, 0.15) is 5.60 Å². The third-order valence-corrected chi connectivity index (χ3v) is 18.9. The fraction of sp³-hybridized carbons (Fsp3) is 0.417. The third kappa shape index (κ3) is 9.82. The molecule has 0 radical (unpaired) electrons. The van der Waals surface area contributed by atoms with Crippen LogP contribution in [0.3, 0.4) is 0 Å². The average Bonchev–Trinajstić information content (AvgIpc) is 3.56. The maximum atomic E-state index is 14.7. The van der Waals surface area contributed by atoms with Crippen molar-refractivity contribution in [3.63, 3.8) is 0 Å². The van der Waals surface area contributed by atoms with Gasteiger partial charge in [-0.3, -0.25) is 14.9 Å². The summed E-state index contributed by atoms with van der Waals surface area (Å²) in [6.45, 7) is 13.1. The predicted octanol–water partition coefficient (Wildman–Crippen LogP) is 7.95. The van der Waals surface area contributed by atoms with Crippen molar-refractivity contribution < 1.29 is 41.9 Å². The van der Waals surface area contributed by atoms with Crippen LogP contribution in [0, 0.1) is 16.0 Å². The van der Waals surface area contributed by atoms with E-state index in [9.17, 15) is 33.2 Å². The molecule has 15 heteroatoms. The van der Waals surface area contributed by atoms with E-state index < -0.39 is 63.4 Å². The molecule has 2 heterocycles. The molecule has 336 valence electrons. The van der Waals surface area contributed by atoms with Gasteiger partial charge in [0.25, 0.3) is 14.0 Å². The zero-order valence-corrected chi connectivity index (χ0v) is 39.2. The standard InChI is InChI=1S/C48H59N3O10SSi/c1-9-48(54)31-34(32-60-63(47(5,6)7,37-18-12-10-13-19-37)38-20-14-11-15-21-38)30-41(44(52)59-8)43-40(39-22-16-17-23-42(39)50(43)45(53)61-46(2,3)4)28-29-49(33-48)62(57,58)36-26-24-35(25-27-36)51(55)56/h10-27,34,41,54H,9,28-33H2,1-8H3/t34-,41?,48+/m1/s1. The fourth-order valence-corrected chi connectivity index (χ4v) is 15.2. The van der Waals surface area contributed by atoms with Crippen molar-refractivity contribution in [3.8, 4) is 0 Å². The maximum absolute atomic E-state index is 14.7. The molecule has 63 heavy (non-hydrogen) atoms. The summed E-state index contributed by atoms with van der Waals surface area (Å²) in [4.78, 5) is 39.6. The molecule has 6 rings (SSSR count). The summed E-state index contributed by atoms with van der Waals surface area (Å²) in [5.74, 6) is -2.31. The van der Waals surface area contributed by atoms with E-state index in [4.69, 9.17) is 13.9 Å². The van der Waals surface area contributed by atoms with Gasteiger partial charge >= 0.3 is 12.1 Å². The van der Waals surface area contributed by atoms with E-state index >= 15 is 0 Å².